The van der Waals surface area contributed by atoms with Crippen LogP contribution in [0.15, 0.2) is 54.6 Å². The number of phenols is 1. The van der Waals surface area contributed by atoms with Crippen LogP contribution in [-0.2, 0) is 5.41 Å². The Labute approximate surface area is 198 Å². The summed E-state index contributed by atoms with van der Waals surface area (Å²) in [6.45, 7) is 0. The lowest BCUT2D eigenvalue weighted by Crippen LogP contribution is -2.36. The van der Waals surface area contributed by atoms with Gasteiger partial charge in [-0.1, -0.05) is 18.6 Å². The number of rotatable bonds is 5. The quantitative estimate of drug-likeness (QED) is 0.346. The summed E-state index contributed by atoms with van der Waals surface area (Å²) in [4.78, 5) is 11.4. The molecule has 1 saturated carbocycles. The van der Waals surface area contributed by atoms with Gasteiger partial charge in [-0.2, -0.15) is 5.26 Å². The highest BCUT2D eigenvalue weighted by atomic mass is 19.2. The average molecular weight is 476 g/mol. The first-order valence-electron chi connectivity index (χ1n) is 11.0. The molecule has 5 rings (SSSR count). The Morgan fingerprint density at radius 3 is 2.26 bits per heavy atom. The van der Waals surface area contributed by atoms with Crippen molar-refractivity contribution in [1.82, 2.24) is 4.57 Å². The Hall–Kier alpha value is -4.25. The van der Waals surface area contributed by atoms with Gasteiger partial charge in [-0.15, -0.1) is 0 Å². The molecule has 3 aromatic carbocycles. The summed E-state index contributed by atoms with van der Waals surface area (Å²) in [5.41, 5.74) is 1.47. The van der Waals surface area contributed by atoms with Crippen molar-refractivity contribution in [2.75, 3.05) is 0 Å². The van der Waals surface area contributed by atoms with Crippen molar-refractivity contribution in [3.8, 4) is 28.6 Å². The molecule has 176 valence electrons. The van der Waals surface area contributed by atoms with E-state index in [9.17, 15) is 33.4 Å². The van der Waals surface area contributed by atoms with Crippen LogP contribution in [0.4, 0.5) is 13.2 Å². The molecule has 0 bridgehead atoms. The van der Waals surface area contributed by atoms with Gasteiger partial charge in [0.2, 0.25) is 0 Å². The second kappa shape index (κ2) is 8.20. The van der Waals surface area contributed by atoms with Crippen LogP contribution in [0, 0.1) is 28.8 Å². The van der Waals surface area contributed by atoms with E-state index < -0.39 is 34.6 Å². The van der Waals surface area contributed by atoms with Gasteiger partial charge in [0.25, 0.3) is 0 Å². The van der Waals surface area contributed by atoms with Gasteiger partial charge in [0.15, 0.2) is 23.2 Å². The number of carboxylic acids is 1. The predicted molar refractivity (Wildman–Crippen MR) is 123 cm³/mol. The number of phenolic OH excluding ortho intramolecular Hbond substituents is 1. The van der Waals surface area contributed by atoms with Gasteiger partial charge in [-0.05, 0) is 54.8 Å². The Kier molecular flexibility index (Phi) is 5.28. The summed E-state index contributed by atoms with van der Waals surface area (Å²) < 4.78 is 44.4. The number of nitrogens with zero attached hydrogens (tertiary/aromatic N) is 2. The molecule has 0 spiro atoms. The molecule has 1 aromatic heterocycles. The van der Waals surface area contributed by atoms with Crippen molar-refractivity contribution in [2.24, 2.45) is 0 Å². The Morgan fingerprint density at radius 2 is 1.69 bits per heavy atom. The van der Waals surface area contributed by atoms with Crippen molar-refractivity contribution < 1.29 is 28.2 Å². The maximum Gasteiger partial charge on any atom is 0.335 e. The first-order chi connectivity index (χ1) is 16.8. The standard InChI is InChI=1S/C27H19F3N2O3/c28-18-7-6-17(14-20(18)30)32-21-9-8-19(29)24(33)23(21)22(15-2-4-16(5-3-15)26(34)35)25(32)27(12-13-31)10-1-11-27/h2-9,14,33H,1,10-12H2,(H,34,35). The molecule has 1 heterocycles. The lowest BCUT2D eigenvalue weighted by Gasteiger charge is -2.42. The fourth-order valence-electron chi connectivity index (χ4n) is 5.05. The minimum absolute atomic E-state index is 0.0467. The maximum atomic E-state index is 14.6. The molecule has 4 aromatic rings. The molecular weight excluding hydrogens is 457 g/mol. The molecule has 0 amide bonds. The van der Waals surface area contributed by atoms with E-state index in [2.05, 4.69) is 6.07 Å². The van der Waals surface area contributed by atoms with Crippen LogP contribution in [0.3, 0.4) is 0 Å². The van der Waals surface area contributed by atoms with E-state index in [1.165, 1.54) is 24.3 Å². The van der Waals surface area contributed by atoms with Crippen LogP contribution in [-0.4, -0.2) is 20.7 Å². The summed E-state index contributed by atoms with van der Waals surface area (Å²) in [6, 6.07) is 14.1. The highest BCUT2D eigenvalue weighted by Gasteiger charge is 2.44. The average Bonchev–Trinajstić information content (AvgIpc) is 3.16. The van der Waals surface area contributed by atoms with E-state index in [4.69, 9.17) is 0 Å². The van der Waals surface area contributed by atoms with Gasteiger partial charge in [-0.3, -0.25) is 0 Å². The zero-order valence-electron chi connectivity index (χ0n) is 18.4. The number of aromatic carboxylic acids is 1. The number of hydrogen-bond acceptors (Lipinski definition) is 3. The highest BCUT2D eigenvalue weighted by Crippen LogP contribution is 2.54. The minimum Gasteiger partial charge on any atom is -0.504 e. The van der Waals surface area contributed by atoms with Crippen LogP contribution >= 0.6 is 0 Å². The van der Waals surface area contributed by atoms with Gasteiger partial charge >= 0.3 is 5.97 Å². The lowest BCUT2D eigenvalue weighted by atomic mass is 9.63. The van der Waals surface area contributed by atoms with Gasteiger partial charge in [0.05, 0.1) is 22.5 Å². The van der Waals surface area contributed by atoms with E-state index in [0.717, 1.165) is 24.6 Å². The minimum atomic E-state index is -1.12. The molecule has 0 atom stereocenters. The van der Waals surface area contributed by atoms with Gasteiger partial charge in [-0.25, -0.2) is 18.0 Å². The van der Waals surface area contributed by atoms with E-state index in [-0.39, 0.29) is 23.1 Å². The summed E-state index contributed by atoms with van der Waals surface area (Å²) in [7, 11) is 0. The molecule has 0 aliphatic heterocycles. The van der Waals surface area contributed by atoms with Crippen molar-refractivity contribution >= 4 is 16.9 Å². The van der Waals surface area contributed by atoms with Crippen molar-refractivity contribution in [2.45, 2.75) is 31.1 Å². The van der Waals surface area contributed by atoms with Gasteiger partial charge < -0.3 is 14.8 Å². The normalized spacial score (nSPS) is 14.5. The number of hydrogen-bond donors (Lipinski definition) is 2. The third kappa shape index (κ3) is 3.43. The number of aromatic nitrogens is 1. The van der Waals surface area contributed by atoms with Gasteiger partial charge in [0.1, 0.15) is 0 Å². The van der Waals surface area contributed by atoms with Crippen molar-refractivity contribution in [3.05, 3.63) is 83.3 Å². The number of aromatic hydroxyl groups is 1. The topological polar surface area (TPSA) is 86.2 Å². The highest BCUT2D eigenvalue weighted by molar-refractivity contribution is 6.04. The molecule has 2 N–H and O–H groups in total. The Balaban J connectivity index is 1.95. The van der Waals surface area contributed by atoms with Crippen molar-refractivity contribution in [1.29, 1.82) is 5.26 Å². The Morgan fingerprint density at radius 1 is 1.00 bits per heavy atom. The van der Waals surface area contributed by atoms with E-state index in [0.29, 0.717) is 35.2 Å². The molecule has 1 aliphatic rings. The molecule has 35 heavy (non-hydrogen) atoms. The SMILES string of the molecule is N#CCC1(c2c(-c3ccc(C(=O)O)cc3)c3c(O)c(F)ccc3n2-c2ccc(F)c(F)c2)CCC1. The largest absolute Gasteiger partial charge is 0.504 e. The van der Waals surface area contributed by atoms with Crippen LogP contribution in [0.5, 0.6) is 5.75 Å². The zero-order chi connectivity index (χ0) is 24.9. The zero-order valence-corrected chi connectivity index (χ0v) is 18.4. The molecule has 0 radical (unpaired) electrons. The number of carbonyl (C=O) groups is 1. The molecule has 8 heteroatoms. The summed E-state index contributed by atoms with van der Waals surface area (Å²) in [5, 5.41) is 29.9. The summed E-state index contributed by atoms with van der Waals surface area (Å²) >= 11 is 0. The van der Waals surface area contributed by atoms with Gasteiger partial charge in [0, 0.05) is 34.8 Å². The number of halogens is 3. The molecule has 0 unspecified atom stereocenters. The first-order valence-corrected chi connectivity index (χ1v) is 11.0. The number of carboxylic acid groups (broad SMARTS) is 1. The fourth-order valence-corrected chi connectivity index (χ4v) is 5.05. The molecule has 5 nitrogen and oxygen atoms in total. The monoisotopic (exact) mass is 476 g/mol. The third-order valence-corrected chi connectivity index (χ3v) is 6.87. The molecule has 1 fully saturated rings. The first kappa shape index (κ1) is 22.5. The second-order valence-electron chi connectivity index (χ2n) is 8.80. The van der Waals surface area contributed by atoms with Crippen LogP contribution in [0.2, 0.25) is 0 Å². The smallest absolute Gasteiger partial charge is 0.335 e. The summed E-state index contributed by atoms with van der Waals surface area (Å²) in [6.07, 6.45) is 2.21. The fraction of sp³-hybridized carbons (Fsp3) is 0.185. The predicted octanol–water partition coefficient (Wildman–Crippen LogP) is 6.45. The van der Waals surface area contributed by atoms with Crippen molar-refractivity contribution in [3.63, 3.8) is 0 Å². The van der Waals surface area contributed by atoms with E-state index in [1.54, 1.807) is 16.7 Å². The van der Waals surface area contributed by atoms with E-state index in [1.807, 2.05) is 0 Å². The summed E-state index contributed by atoms with van der Waals surface area (Å²) in [5.74, 6) is -4.70. The van der Waals surface area contributed by atoms with E-state index >= 15 is 0 Å². The third-order valence-electron chi connectivity index (χ3n) is 6.87. The van der Waals surface area contributed by atoms with Crippen LogP contribution < -0.4 is 0 Å². The second-order valence-corrected chi connectivity index (χ2v) is 8.80. The number of benzene rings is 3. The maximum absolute atomic E-state index is 14.6. The molecular formula is C27H19F3N2O3. The molecule has 0 saturated heterocycles. The lowest BCUT2D eigenvalue weighted by molar-refractivity contribution is 0.0697. The number of nitriles is 1. The Bertz CT molecular complexity index is 1530. The van der Waals surface area contributed by atoms with Crippen LogP contribution in [0.1, 0.15) is 41.7 Å². The van der Waals surface area contributed by atoms with Crippen LogP contribution in [0.25, 0.3) is 27.7 Å². The molecule has 1 aliphatic carbocycles. The number of fused-ring (bicyclic) bond motifs is 1.